The van der Waals surface area contributed by atoms with E-state index in [9.17, 15) is 4.79 Å². The fourth-order valence-electron chi connectivity index (χ4n) is 2.35. The van der Waals surface area contributed by atoms with Crippen molar-refractivity contribution >= 4 is 26.8 Å². The van der Waals surface area contributed by atoms with E-state index in [2.05, 4.69) is 35.0 Å². The second-order valence-corrected chi connectivity index (χ2v) is 5.74. The van der Waals surface area contributed by atoms with E-state index in [-0.39, 0.29) is 5.56 Å². The predicted molar refractivity (Wildman–Crippen MR) is 73.7 cm³/mol. The average Bonchev–Trinajstić information content (AvgIpc) is 3.05. The third-order valence-electron chi connectivity index (χ3n) is 3.45. The highest BCUT2D eigenvalue weighted by atomic mass is 79.9. The maximum Gasteiger partial charge on any atom is 0.251 e. The van der Waals surface area contributed by atoms with E-state index in [0.717, 1.165) is 28.4 Å². The van der Waals surface area contributed by atoms with Crippen LogP contribution in [-0.2, 0) is 0 Å². The Morgan fingerprint density at radius 3 is 2.53 bits per heavy atom. The van der Waals surface area contributed by atoms with Gasteiger partial charge in [-0.05, 0) is 49.9 Å². The zero-order valence-corrected chi connectivity index (χ0v) is 11.5. The molecule has 0 spiro atoms. The van der Waals surface area contributed by atoms with Crippen LogP contribution in [0.15, 0.2) is 27.5 Å². The standard InChI is InChI=1S/C14H14BrNO/c1-8-6-14(17)16(10-3-4-10)13-7-12(15)9(2)5-11(8)13/h5-7,10H,3-4H2,1-2H3. The number of fused-ring (bicyclic) bond motifs is 1. The number of aryl methyl sites for hydroxylation is 2. The van der Waals surface area contributed by atoms with Crippen molar-refractivity contribution in [2.75, 3.05) is 0 Å². The minimum absolute atomic E-state index is 0.133. The van der Waals surface area contributed by atoms with E-state index in [1.54, 1.807) is 6.07 Å². The Kier molecular flexibility index (Phi) is 2.40. The van der Waals surface area contributed by atoms with Crippen molar-refractivity contribution in [1.29, 1.82) is 0 Å². The van der Waals surface area contributed by atoms with Crippen molar-refractivity contribution in [2.45, 2.75) is 32.7 Å². The minimum atomic E-state index is 0.133. The number of aromatic nitrogens is 1. The van der Waals surface area contributed by atoms with E-state index in [4.69, 9.17) is 0 Å². The number of rotatable bonds is 1. The van der Waals surface area contributed by atoms with Gasteiger partial charge in [-0.3, -0.25) is 4.79 Å². The molecule has 1 saturated carbocycles. The number of hydrogen-bond donors (Lipinski definition) is 0. The lowest BCUT2D eigenvalue weighted by molar-refractivity contribution is 0.738. The van der Waals surface area contributed by atoms with Gasteiger partial charge in [-0.1, -0.05) is 15.9 Å². The molecule has 0 atom stereocenters. The van der Waals surface area contributed by atoms with Crippen molar-refractivity contribution in [1.82, 2.24) is 4.57 Å². The molecule has 1 aliphatic carbocycles. The van der Waals surface area contributed by atoms with Crippen LogP contribution in [0.5, 0.6) is 0 Å². The molecule has 0 unspecified atom stereocenters. The van der Waals surface area contributed by atoms with Gasteiger partial charge < -0.3 is 4.57 Å². The van der Waals surface area contributed by atoms with Crippen LogP contribution in [0.1, 0.15) is 30.0 Å². The van der Waals surface area contributed by atoms with Crippen molar-refractivity contribution in [3.05, 3.63) is 44.2 Å². The van der Waals surface area contributed by atoms with Crippen LogP contribution in [0.3, 0.4) is 0 Å². The molecule has 0 amide bonds. The van der Waals surface area contributed by atoms with Gasteiger partial charge in [0.25, 0.3) is 5.56 Å². The van der Waals surface area contributed by atoms with Crippen LogP contribution in [0.4, 0.5) is 0 Å². The highest BCUT2D eigenvalue weighted by Gasteiger charge is 2.26. The second kappa shape index (κ2) is 3.70. The molecule has 1 aliphatic rings. The summed E-state index contributed by atoms with van der Waals surface area (Å²) >= 11 is 3.55. The first-order chi connectivity index (χ1) is 8.08. The lowest BCUT2D eigenvalue weighted by Crippen LogP contribution is -2.19. The van der Waals surface area contributed by atoms with Crippen LogP contribution in [0.2, 0.25) is 0 Å². The van der Waals surface area contributed by atoms with E-state index in [1.807, 2.05) is 11.5 Å². The summed E-state index contributed by atoms with van der Waals surface area (Å²) in [6.07, 6.45) is 2.26. The van der Waals surface area contributed by atoms with Gasteiger partial charge in [-0.15, -0.1) is 0 Å². The fraction of sp³-hybridized carbons (Fsp3) is 0.357. The van der Waals surface area contributed by atoms with Gasteiger partial charge >= 0.3 is 0 Å². The molecule has 2 nitrogen and oxygen atoms in total. The van der Waals surface area contributed by atoms with Crippen molar-refractivity contribution in [3.8, 4) is 0 Å². The number of halogens is 1. The van der Waals surface area contributed by atoms with E-state index in [1.165, 1.54) is 10.9 Å². The summed E-state index contributed by atoms with van der Waals surface area (Å²) in [7, 11) is 0. The summed E-state index contributed by atoms with van der Waals surface area (Å²) in [5, 5.41) is 1.19. The normalized spacial score (nSPS) is 15.5. The molecule has 88 valence electrons. The molecule has 0 N–H and O–H groups in total. The molecule has 0 aliphatic heterocycles. The van der Waals surface area contributed by atoms with Crippen molar-refractivity contribution in [3.63, 3.8) is 0 Å². The molecule has 0 saturated heterocycles. The number of hydrogen-bond acceptors (Lipinski definition) is 1. The zero-order valence-electron chi connectivity index (χ0n) is 9.96. The van der Waals surface area contributed by atoms with E-state index >= 15 is 0 Å². The Morgan fingerprint density at radius 1 is 1.18 bits per heavy atom. The average molecular weight is 292 g/mol. The molecule has 1 heterocycles. The van der Waals surface area contributed by atoms with E-state index in [0.29, 0.717) is 6.04 Å². The summed E-state index contributed by atoms with van der Waals surface area (Å²) in [5.41, 5.74) is 3.47. The van der Waals surface area contributed by atoms with Gasteiger partial charge in [0.1, 0.15) is 0 Å². The van der Waals surface area contributed by atoms with Gasteiger partial charge in [0, 0.05) is 22.0 Å². The van der Waals surface area contributed by atoms with Gasteiger partial charge in [0.15, 0.2) is 0 Å². The predicted octanol–water partition coefficient (Wildman–Crippen LogP) is 3.72. The summed E-state index contributed by atoms with van der Waals surface area (Å²) in [5.74, 6) is 0. The Balaban J connectivity index is 2.46. The summed E-state index contributed by atoms with van der Waals surface area (Å²) in [6, 6.07) is 6.42. The van der Waals surface area contributed by atoms with Crippen LogP contribution >= 0.6 is 15.9 Å². The highest BCUT2D eigenvalue weighted by Crippen LogP contribution is 2.37. The third kappa shape index (κ3) is 1.73. The first-order valence-electron chi connectivity index (χ1n) is 5.90. The Bertz CT molecular complexity index is 668. The number of pyridine rings is 1. The van der Waals surface area contributed by atoms with Crippen LogP contribution < -0.4 is 5.56 Å². The largest absolute Gasteiger partial charge is 0.305 e. The maximum absolute atomic E-state index is 12.1. The summed E-state index contributed by atoms with van der Waals surface area (Å²) < 4.78 is 3.02. The molecule has 3 heteroatoms. The molecule has 0 radical (unpaired) electrons. The van der Waals surface area contributed by atoms with Gasteiger partial charge in [0.2, 0.25) is 0 Å². The topological polar surface area (TPSA) is 22.0 Å². The Hall–Kier alpha value is -1.09. The third-order valence-corrected chi connectivity index (χ3v) is 4.31. The van der Waals surface area contributed by atoms with Crippen molar-refractivity contribution in [2.24, 2.45) is 0 Å². The maximum atomic E-state index is 12.1. The summed E-state index contributed by atoms with van der Waals surface area (Å²) in [6.45, 7) is 4.09. The SMILES string of the molecule is Cc1cc2c(C)cc(=O)n(C3CC3)c2cc1Br. The first kappa shape index (κ1) is 11.0. The monoisotopic (exact) mass is 291 g/mol. The second-order valence-electron chi connectivity index (χ2n) is 4.89. The van der Waals surface area contributed by atoms with Gasteiger partial charge in [-0.2, -0.15) is 0 Å². The molecule has 1 aromatic heterocycles. The molecule has 0 bridgehead atoms. The lowest BCUT2D eigenvalue weighted by Gasteiger charge is -2.12. The molecule has 3 rings (SSSR count). The Labute approximate surface area is 108 Å². The highest BCUT2D eigenvalue weighted by molar-refractivity contribution is 9.10. The van der Waals surface area contributed by atoms with Crippen LogP contribution in [-0.4, -0.2) is 4.57 Å². The Morgan fingerprint density at radius 2 is 1.88 bits per heavy atom. The minimum Gasteiger partial charge on any atom is -0.305 e. The molecule has 17 heavy (non-hydrogen) atoms. The van der Waals surface area contributed by atoms with Crippen LogP contribution in [0.25, 0.3) is 10.9 Å². The lowest BCUT2D eigenvalue weighted by atomic mass is 10.1. The number of benzene rings is 1. The molecular weight excluding hydrogens is 278 g/mol. The zero-order chi connectivity index (χ0) is 12.2. The molecular formula is C14H14BrNO. The quantitative estimate of drug-likeness (QED) is 0.785. The molecule has 1 fully saturated rings. The van der Waals surface area contributed by atoms with Gasteiger partial charge in [0.05, 0.1) is 5.52 Å². The van der Waals surface area contributed by atoms with Crippen molar-refractivity contribution < 1.29 is 0 Å². The first-order valence-corrected chi connectivity index (χ1v) is 6.69. The van der Waals surface area contributed by atoms with Gasteiger partial charge in [-0.25, -0.2) is 0 Å². The summed E-state index contributed by atoms with van der Waals surface area (Å²) in [4.78, 5) is 12.1. The fourth-order valence-corrected chi connectivity index (χ4v) is 2.68. The smallest absolute Gasteiger partial charge is 0.251 e. The van der Waals surface area contributed by atoms with E-state index < -0.39 is 0 Å². The molecule has 1 aromatic carbocycles. The van der Waals surface area contributed by atoms with Crippen LogP contribution in [0, 0.1) is 13.8 Å². The molecule has 2 aromatic rings. The number of nitrogens with zero attached hydrogens (tertiary/aromatic N) is 1.